The van der Waals surface area contributed by atoms with Crippen LogP contribution in [0.2, 0.25) is 0 Å². The Morgan fingerprint density at radius 3 is 2.40 bits per heavy atom. The minimum absolute atomic E-state index is 0.0975. The molecule has 0 bridgehead atoms. The van der Waals surface area contributed by atoms with Crippen LogP contribution >= 0.6 is 0 Å². The quantitative estimate of drug-likeness (QED) is 0.514. The highest BCUT2D eigenvalue weighted by molar-refractivity contribution is 5.94. The highest BCUT2D eigenvalue weighted by atomic mass is 19.4. The van der Waals surface area contributed by atoms with E-state index in [1.165, 1.54) is 41.0 Å². The van der Waals surface area contributed by atoms with Crippen molar-refractivity contribution in [1.29, 1.82) is 0 Å². The van der Waals surface area contributed by atoms with Crippen LogP contribution in [0.25, 0.3) is 0 Å². The molecule has 4 rings (SSSR count). The molecule has 10 heteroatoms. The van der Waals surface area contributed by atoms with Crippen molar-refractivity contribution in [1.82, 2.24) is 14.5 Å². The van der Waals surface area contributed by atoms with E-state index >= 15 is 0 Å². The Morgan fingerprint density at radius 2 is 1.77 bits per heavy atom. The topological polar surface area (TPSA) is 67.2 Å². The first-order valence-corrected chi connectivity index (χ1v) is 11.2. The zero-order valence-electron chi connectivity index (χ0n) is 19.0. The Hall–Kier alpha value is -3.69. The molecule has 0 fully saturated rings. The fourth-order valence-corrected chi connectivity index (χ4v) is 4.02. The lowest BCUT2D eigenvalue weighted by molar-refractivity contribution is -0.137. The maximum absolute atomic E-state index is 13.3. The van der Waals surface area contributed by atoms with Gasteiger partial charge in [-0.1, -0.05) is 19.1 Å². The summed E-state index contributed by atoms with van der Waals surface area (Å²) in [7, 11) is 0. The number of halogens is 4. The SMILES string of the molecule is CCCn1c(NCc2ccc(C(F)(F)F)cc2)nc2c(c1=O)CN(C(=O)c1ccc(F)cc1)CC2. The van der Waals surface area contributed by atoms with Crippen molar-refractivity contribution >= 4 is 11.9 Å². The zero-order valence-corrected chi connectivity index (χ0v) is 19.0. The molecule has 1 aromatic heterocycles. The number of nitrogens with zero attached hydrogens (tertiary/aromatic N) is 3. The van der Waals surface area contributed by atoms with Crippen molar-refractivity contribution in [2.24, 2.45) is 0 Å². The minimum Gasteiger partial charge on any atom is -0.351 e. The summed E-state index contributed by atoms with van der Waals surface area (Å²) < 4.78 is 53.1. The highest BCUT2D eigenvalue weighted by Gasteiger charge is 2.30. The minimum atomic E-state index is -4.40. The molecular weight excluding hydrogens is 464 g/mol. The molecule has 2 heterocycles. The van der Waals surface area contributed by atoms with Crippen LogP contribution in [0.5, 0.6) is 0 Å². The lowest BCUT2D eigenvalue weighted by Crippen LogP contribution is -2.41. The van der Waals surface area contributed by atoms with Gasteiger partial charge in [0.15, 0.2) is 0 Å². The number of carbonyl (C=O) groups is 1. The molecule has 0 saturated carbocycles. The summed E-state index contributed by atoms with van der Waals surface area (Å²) in [4.78, 5) is 32.3. The first-order valence-electron chi connectivity index (χ1n) is 11.2. The van der Waals surface area contributed by atoms with Gasteiger partial charge in [-0.3, -0.25) is 14.2 Å². The molecule has 1 N–H and O–H groups in total. The van der Waals surface area contributed by atoms with Crippen LogP contribution < -0.4 is 10.9 Å². The van der Waals surface area contributed by atoms with Gasteiger partial charge in [-0.25, -0.2) is 9.37 Å². The van der Waals surface area contributed by atoms with Crippen LogP contribution in [0.3, 0.4) is 0 Å². The van der Waals surface area contributed by atoms with Gasteiger partial charge in [0.25, 0.3) is 11.5 Å². The van der Waals surface area contributed by atoms with E-state index in [0.717, 1.165) is 12.1 Å². The summed E-state index contributed by atoms with van der Waals surface area (Å²) >= 11 is 0. The van der Waals surface area contributed by atoms with E-state index in [2.05, 4.69) is 10.3 Å². The molecule has 1 aliphatic heterocycles. The fraction of sp³-hybridized carbons (Fsp3) is 0.320. The Labute approximate surface area is 199 Å². The summed E-state index contributed by atoms with van der Waals surface area (Å²) in [6, 6.07) is 10.1. The first-order chi connectivity index (χ1) is 16.7. The molecule has 1 aliphatic rings. The Bertz CT molecular complexity index is 1270. The number of fused-ring (bicyclic) bond motifs is 1. The smallest absolute Gasteiger partial charge is 0.351 e. The maximum Gasteiger partial charge on any atom is 0.416 e. The van der Waals surface area contributed by atoms with Crippen molar-refractivity contribution in [3.63, 3.8) is 0 Å². The van der Waals surface area contributed by atoms with Crippen LogP contribution in [0.15, 0.2) is 53.3 Å². The Morgan fingerprint density at radius 1 is 1.09 bits per heavy atom. The van der Waals surface area contributed by atoms with Gasteiger partial charge in [0.2, 0.25) is 5.95 Å². The lowest BCUT2D eigenvalue weighted by atomic mass is 10.1. The molecule has 0 saturated heterocycles. The summed E-state index contributed by atoms with van der Waals surface area (Å²) in [6.07, 6.45) is -3.37. The number of anilines is 1. The molecular formula is C25H24F4N4O2. The number of hydrogen-bond donors (Lipinski definition) is 1. The molecule has 35 heavy (non-hydrogen) atoms. The molecule has 0 unspecified atom stereocenters. The normalized spacial score (nSPS) is 13.5. The van der Waals surface area contributed by atoms with Crippen molar-refractivity contribution in [2.75, 3.05) is 11.9 Å². The Balaban J connectivity index is 1.55. The van der Waals surface area contributed by atoms with Crippen molar-refractivity contribution in [3.8, 4) is 0 Å². The van der Waals surface area contributed by atoms with E-state index in [4.69, 9.17) is 0 Å². The first kappa shape index (κ1) is 24.4. The number of carbonyl (C=O) groups excluding carboxylic acids is 1. The average molecular weight is 488 g/mol. The molecule has 184 valence electrons. The van der Waals surface area contributed by atoms with Crippen molar-refractivity contribution in [3.05, 3.63) is 92.6 Å². The van der Waals surface area contributed by atoms with Crippen LogP contribution in [0.1, 0.15) is 46.1 Å². The highest BCUT2D eigenvalue weighted by Crippen LogP contribution is 2.29. The number of benzene rings is 2. The average Bonchev–Trinajstić information content (AvgIpc) is 2.84. The van der Waals surface area contributed by atoms with Gasteiger partial charge >= 0.3 is 6.18 Å². The van der Waals surface area contributed by atoms with Gasteiger partial charge in [0.05, 0.1) is 23.4 Å². The van der Waals surface area contributed by atoms with E-state index in [1.807, 2.05) is 6.92 Å². The van der Waals surface area contributed by atoms with E-state index < -0.39 is 17.6 Å². The molecule has 2 aromatic carbocycles. The van der Waals surface area contributed by atoms with Crippen LogP contribution in [0, 0.1) is 5.82 Å². The van der Waals surface area contributed by atoms with Gasteiger partial charge in [-0.2, -0.15) is 13.2 Å². The number of nitrogens with one attached hydrogen (secondary N) is 1. The molecule has 0 spiro atoms. The summed E-state index contributed by atoms with van der Waals surface area (Å²) in [5.41, 5.74) is 0.982. The molecule has 3 aromatic rings. The van der Waals surface area contributed by atoms with Gasteiger partial charge in [0, 0.05) is 31.6 Å². The summed E-state index contributed by atoms with van der Waals surface area (Å²) in [5, 5.41) is 3.08. The van der Waals surface area contributed by atoms with E-state index in [1.54, 1.807) is 4.90 Å². The van der Waals surface area contributed by atoms with Crippen LogP contribution in [-0.2, 0) is 32.2 Å². The van der Waals surface area contributed by atoms with Gasteiger partial charge < -0.3 is 10.2 Å². The Kier molecular flexibility index (Phi) is 6.90. The number of alkyl halides is 3. The zero-order chi connectivity index (χ0) is 25.2. The van der Waals surface area contributed by atoms with E-state index in [0.29, 0.717) is 54.3 Å². The number of hydrogen-bond acceptors (Lipinski definition) is 4. The monoisotopic (exact) mass is 488 g/mol. The van der Waals surface area contributed by atoms with Crippen LogP contribution in [-0.4, -0.2) is 26.9 Å². The van der Waals surface area contributed by atoms with Crippen molar-refractivity contribution in [2.45, 2.75) is 45.6 Å². The van der Waals surface area contributed by atoms with Gasteiger partial charge in [-0.05, 0) is 48.4 Å². The third-order valence-electron chi connectivity index (χ3n) is 5.87. The second kappa shape index (κ2) is 9.89. The molecule has 0 atom stereocenters. The second-order valence-corrected chi connectivity index (χ2v) is 8.35. The predicted molar refractivity (Wildman–Crippen MR) is 122 cm³/mol. The number of amides is 1. The largest absolute Gasteiger partial charge is 0.416 e. The summed E-state index contributed by atoms with van der Waals surface area (Å²) in [6.45, 7) is 2.95. The number of aromatic nitrogens is 2. The third kappa shape index (κ3) is 5.36. The van der Waals surface area contributed by atoms with Crippen LogP contribution in [0.4, 0.5) is 23.5 Å². The fourth-order valence-electron chi connectivity index (χ4n) is 4.02. The third-order valence-corrected chi connectivity index (χ3v) is 5.87. The maximum atomic E-state index is 13.3. The predicted octanol–water partition coefficient (Wildman–Crippen LogP) is 4.62. The second-order valence-electron chi connectivity index (χ2n) is 8.35. The summed E-state index contributed by atoms with van der Waals surface area (Å²) in [5.74, 6) is -0.385. The molecule has 6 nitrogen and oxygen atoms in total. The van der Waals surface area contributed by atoms with Gasteiger partial charge in [0.1, 0.15) is 5.82 Å². The molecule has 0 radical (unpaired) electrons. The molecule has 0 aliphatic carbocycles. The molecule has 1 amide bonds. The van der Waals surface area contributed by atoms with Crippen molar-refractivity contribution < 1.29 is 22.4 Å². The lowest BCUT2D eigenvalue weighted by Gasteiger charge is -2.29. The van der Waals surface area contributed by atoms with E-state index in [9.17, 15) is 27.2 Å². The van der Waals surface area contributed by atoms with E-state index in [-0.39, 0.29) is 24.6 Å². The standard InChI is InChI=1S/C25H24F4N4O2/c1-2-12-33-23(35)20-15-32(22(34)17-5-9-19(26)10-6-17)13-11-21(20)31-24(33)30-14-16-3-7-18(8-4-16)25(27,28)29/h3-10H,2,11-15H2,1H3,(H,30,31). The van der Waals surface area contributed by atoms with Gasteiger partial charge in [-0.15, -0.1) is 0 Å². The number of rotatable bonds is 6.